The third kappa shape index (κ3) is 4.44. The van der Waals surface area contributed by atoms with Gasteiger partial charge in [-0.2, -0.15) is 0 Å². The Balaban J connectivity index is 1.60. The lowest BCUT2D eigenvalue weighted by atomic mass is 10.2. The molecule has 3 aromatic rings. The van der Waals surface area contributed by atoms with Gasteiger partial charge in [0.1, 0.15) is 11.4 Å². The third-order valence-electron chi connectivity index (χ3n) is 3.89. The summed E-state index contributed by atoms with van der Waals surface area (Å²) in [5.74, 6) is -0.448. The number of nitrogens with one attached hydrogen (secondary N) is 1. The first-order valence-electron chi connectivity index (χ1n) is 8.64. The van der Waals surface area contributed by atoms with Crippen LogP contribution >= 0.6 is 0 Å². The number of para-hydroxylation sites is 3. The van der Waals surface area contributed by atoms with Gasteiger partial charge in [-0.1, -0.05) is 29.4 Å². The Kier molecular flexibility index (Phi) is 5.71. The summed E-state index contributed by atoms with van der Waals surface area (Å²) in [6, 6.07) is 14.3. The lowest BCUT2D eigenvalue weighted by molar-refractivity contribution is -0.152. The van der Waals surface area contributed by atoms with E-state index in [4.69, 9.17) is 14.0 Å². The van der Waals surface area contributed by atoms with Crippen molar-refractivity contribution in [2.45, 2.75) is 26.4 Å². The van der Waals surface area contributed by atoms with E-state index in [9.17, 15) is 9.59 Å². The predicted octanol–water partition coefficient (Wildman–Crippen LogP) is 3.34. The lowest BCUT2D eigenvalue weighted by Gasteiger charge is -2.15. The SMILES string of the molecule is CCOc1ccccc1NC(=O)[C@@H](C)OC(=O)Cc1noc2ccccc12. The molecule has 2 aromatic carbocycles. The molecule has 0 aliphatic rings. The minimum Gasteiger partial charge on any atom is -0.492 e. The fraction of sp³-hybridized carbons (Fsp3) is 0.250. The summed E-state index contributed by atoms with van der Waals surface area (Å²) >= 11 is 0. The monoisotopic (exact) mass is 368 g/mol. The van der Waals surface area contributed by atoms with Crippen LogP contribution in [0.25, 0.3) is 11.0 Å². The molecule has 0 aliphatic heterocycles. The Hall–Kier alpha value is -3.35. The average Bonchev–Trinajstić information content (AvgIpc) is 3.06. The largest absolute Gasteiger partial charge is 0.492 e. The van der Waals surface area contributed by atoms with Gasteiger partial charge in [0.25, 0.3) is 5.91 Å². The molecule has 0 radical (unpaired) electrons. The molecule has 7 nitrogen and oxygen atoms in total. The van der Waals surface area contributed by atoms with E-state index in [2.05, 4.69) is 10.5 Å². The highest BCUT2D eigenvalue weighted by atomic mass is 16.5. The first-order chi connectivity index (χ1) is 13.1. The molecule has 0 spiro atoms. The molecule has 1 heterocycles. The molecule has 0 unspecified atom stereocenters. The molecular weight excluding hydrogens is 348 g/mol. The summed E-state index contributed by atoms with van der Waals surface area (Å²) in [4.78, 5) is 24.5. The maximum absolute atomic E-state index is 12.3. The number of hydrogen-bond donors (Lipinski definition) is 1. The van der Waals surface area contributed by atoms with Crippen LogP contribution in [0.5, 0.6) is 5.75 Å². The minimum atomic E-state index is -0.967. The van der Waals surface area contributed by atoms with Gasteiger partial charge in [0, 0.05) is 5.39 Å². The first-order valence-corrected chi connectivity index (χ1v) is 8.64. The Labute approximate surface area is 156 Å². The van der Waals surface area contributed by atoms with Crippen LogP contribution in [0.1, 0.15) is 19.5 Å². The molecule has 1 N–H and O–H groups in total. The van der Waals surface area contributed by atoms with Crippen molar-refractivity contribution in [2.75, 3.05) is 11.9 Å². The molecule has 0 saturated carbocycles. The third-order valence-corrected chi connectivity index (χ3v) is 3.89. The number of carbonyl (C=O) groups excluding carboxylic acids is 2. The second kappa shape index (κ2) is 8.35. The number of anilines is 1. The van der Waals surface area contributed by atoms with E-state index in [1.807, 2.05) is 31.2 Å². The molecule has 3 rings (SSSR count). The van der Waals surface area contributed by atoms with Gasteiger partial charge in [-0.3, -0.25) is 9.59 Å². The predicted molar refractivity (Wildman–Crippen MR) is 99.5 cm³/mol. The van der Waals surface area contributed by atoms with Crippen LogP contribution in [0.3, 0.4) is 0 Å². The molecule has 1 aromatic heterocycles. The van der Waals surface area contributed by atoms with Crippen LogP contribution < -0.4 is 10.1 Å². The number of benzene rings is 2. The molecule has 27 heavy (non-hydrogen) atoms. The zero-order valence-corrected chi connectivity index (χ0v) is 15.1. The van der Waals surface area contributed by atoms with E-state index in [0.717, 1.165) is 5.39 Å². The van der Waals surface area contributed by atoms with Gasteiger partial charge >= 0.3 is 5.97 Å². The summed E-state index contributed by atoms with van der Waals surface area (Å²) in [6.45, 7) is 3.84. The molecule has 1 amide bonds. The van der Waals surface area contributed by atoms with Gasteiger partial charge in [0.15, 0.2) is 11.7 Å². The topological polar surface area (TPSA) is 90.7 Å². The van der Waals surface area contributed by atoms with E-state index in [1.54, 1.807) is 24.3 Å². The minimum absolute atomic E-state index is 0.0792. The Morgan fingerprint density at radius 3 is 2.70 bits per heavy atom. The number of rotatable bonds is 7. The smallest absolute Gasteiger partial charge is 0.312 e. The number of amides is 1. The standard InChI is InChI=1S/C20H20N2O5/c1-3-25-18-11-7-5-9-15(18)21-20(24)13(2)26-19(23)12-16-14-8-4-6-10-17(14)27-22-16/h4-11,13H,3,12H2,1-2H3,(H,21,24)/t13-/m1/s1. The fourth-order valence-corrected chi connectivity index (χ4v) is 2.58. The fourth-order valence-electron chi connectivity index (χ4n) is 2.58. The van der Waals surface area contributed by atoms with Crippen molar-refractivity contribution in [3.63, 3.8) is 0 Å². The van der Waals surface area contributed by atoms with E-state index >= 15 is 0 Å². The average molecular weight is 368 g/mol. The van der Waals surface area contributed by atoms with Gasteiger partial charge in [-0.15, -0.1) is 0 Å². The summed E-state index contributed by atoms with van der Waals surface area (Å²) in [5.41, 5.74) is 1.60. The van der Waals surface area contributed by atoms with E-state index in [1.165, 1.54) is 6.92 Å². The molecule has 140 valence electrons. The number of fused-ring (bicyclic) bond motifs is 1. The Morgan fingerprint density at radius 1 is 1.15 bits per heavy atom. The van der Waals surface area contributed by atoms with Crippen molar-refractivity contribution in [1.29, 1.82) is 0 Å². The quantitative estimate of drug-likeness (QED) is 0.643. The number of nitrogens with zero attached hydrogens (tertiary/aromatic N) is 1. The van der Waals surface area contributed by atoms with Crippen LogP contribution in [0.15, 0.2) is 53.1 Å². The highest BCUT2D eigenvalue weighted by Gasteiger charge is 2.21. The van der Waals surface area contributed by atoms with Crippen LogP contribution in [0.4, 0.5) is 5.69 Å². The normalized spacial score (nSPS) is 11.8. The second-order valence-corrected chi connectivity index (χ2v) is 5.85. The van der Waals surface area contributed by atoms with Gasteiger partial charge in [0.2, 0.25) is 0 Å². The highest BCUT2D eigenvalue weighted by Crippen LogP contribution is 2.24. The van der Waals surface area contributed by atoms with Crippen molar-refractivity contribution in [2.24, 2.45) is 0 Å². The number of hydrogen-bond acceptors (Lipinski definition) is 6. The summed E-state index contributed by atoms with van der Waals surface area (Å²) in [5, 5.41) is 7.36. The molecular formula is C20H20N2O5. The number of ether oxygens (including phenoxy) is 2. The second-order valence-electron chi connectivity index (χ2n) is 5.85. The summed E-state index contributed by atoms with van der Waals surface area (Å²) in [6.07, 6.45) is -1.05. The van der Waals surface area contributed by atoms with Crippen LogP contribution in [0.2, 0.25) is 0 Å². The van der Waals surface area contributed by atoms with Crippen LogP contribution in [-0.4, -0.2) is 29.7 Å². The maximum Gasteiger partial charge on any atom is 0.312 e. The van der Waals surface area contributed by atoms with Gasteiger partial charge in [-0.25, -0.2) is 0 Å². The van der Waals surface area contributed by atoms with Gasteiger partial charge in [0.05, 0.1) is 18.7 Å². The van der Waals surface area contributed by atoms with Crippen molar-refractivity contribution in [1.82, 2.24) is 5.16 Å². The highest BCUT2D eigenvalue weighted by molar-refractivity contribution is 5.96. The molecule has 0 fully saturated rings. The molecule has 0 bridgehead atoms. The Morgan fingerprint density at radius 2 is 1.89 bits per heavy atom. The van der Waals surface area contributed by atoms with Crippen molar-refractivity contribution in [3.05, 3.63) is 54.2 Å². The zero-order chi connectivity index (χ0) is 19.2. The van der Waals surface area contributed by atoms with Crippen molar-refractivity contribution >= 4 is 28.5 Å². The molecule has 0 aliphatic carbocycles. The van der Waals surface area contributed by atoms with E-state index in [-0.39, 0.29) is 6.42 Å². The number of aromatic nitrogens is 1. The zero-order valence-electron chi connectivity index (χ0n) is 15.1. The maximum atomic E-state index is 12.3. The number of esters is 1. The first kappa shape index (κ1) is 18.4. The summed E-state index contributed by atoms with van der Waals surface area (Å²) < 4.78 is 15.9. The van der Waals surface area contributed by atoms with Crippen LogP contribution in [0, 0.1) is 0 Å². The molecule has 1 atom stereocenters. The van der Waals surface area contributed by atoms with E-state index < -0.39 is 18.0 Å². The van der Waals surface area contributed by atoms with Crippen molar-refractivity contribution < 1.29 is 23.6 Å². The van der Waals surface area contributed by atoms with Crippen molar-refractivity contribution in [3.8, 4) is 5.75 Å². The molecule has 0 saturated heterocycles. The number of carbonyl (C=O) groups is 2. The summed E-state index contributed by atoms with van der Waals surface area (Å²) in [7, 11) is 0. The van der Waals surface area contributed by atoms with Gasteiger partial charge in [-0.05, 0) is 38.1 Å². The molecule has 7 heteroatoms. The van der Waals surface area contributed by atoms with Crippen LogP contribution in [-0.2, 0) is 20.7 Å². The Bertz CT molecular complexity index is 950. The lowest BCUT2D eigenvalue weighted by Crippen LogP contribution is -2.30. The van der Waals surface area contributed by atoms with E-state index in [0.29, 0.717) is 29.3 Å². The van der Waals surface area contributed by atoms with Gasteiger partial charge < -0.3 is 19.3 Å².